The molecule has 0 spiro atoms. The third-order valence-corrected chi connectivity index (χ3v) is 5.11. The minimum Gasteiger partial charge on any atom is -0.345 e. The van der Waals surface area contributed by atoms with Gasteiger partial charge in [0, 0.05) is 38.7 Å². The van der Waals surface area contributed by atoms with Gasteiger partial charge in [0.05, 0.1) is 9.82 Å². The molecule has 0 fully saturated rings. The number of nitro benzene ring substituents is 1. The van der Waals surface area contributed by atoms with E-state index in [9.17, 15) is 23.3 Å². The van der Waals surface area contributed by atoms with Crippen molar-refractivity contribution in [2.45, 2.75) is 25.2 Å². The van der Waals surface area contributed by atoms with Gasteiger partial charge in [0.1, 0.15) is 0 Å². The summed E-state index contributed by atoms with van der Waals surface area (Å²) in [5.74, 6) is -0.201. The second-order valence-corrected chi connectivity index (χ2v) is 8.28. The molecule has 0 aliphatic rings. The molecule has 148 valence electrons. The van der Waals surface area contributed by atoms with Crippen molar-refractivity contribution in [2.24, 2.45) is 11.1 Å². The van der Waals surface area contributed by atoms with E-state index >= 15 is 0 Å². The zero-order chi connectivity index (χ0) is 19.3. The van der Waals surface area contributed by atoms with Gasteiger partial charge in [-0.15, -0.1) is 12.4 Å². The van der Waals surface area contributed by atoms with Crippen LogP contribution in [0.3, 0.4) is 0 Å². The van der Waals surface area contributed by atoms with Gasteiger partial charge in [0.2, 0.25) is 15.9 Å². The molecule has 9 nitrogen and oxygen atoms in total. The molecule has 0 radical (unpaired) electrons. The van der Waals surface area contributed by atoms with Gasteiger partial charge in [0.15, 0.2) is 0 Å². The average Bonchev–Trinajstić information content (AvgIpc) is 2.54. The fraction of sp³-hybridized carbons (Fsp3) is 0.533. The van der Waals surface area contributed by atoms with Crippen LogP contribution in [0.15, 0.2) is 29.2 Å². The Morgan fingerprint density at radius 3 is 2.31 bits per heavy atom. The van der Waals surface area contributed by atoms with Crippen LogP contribution in [-0.2, 0) is 14.8 Å². The minimum absolute atomic E-state index is 0. The fourth-order valence-electron chi connectivity index (χ4n) is 2.11. The molecule has 11 heteroatoms. The maximum absolute atomic E-state index is 12.1. The van der Waals surface area contributed by atoms with Gasteiger partial charge >= 0.3 is 0 Å². The third kappa shape index (κ3) is 7.24. The summed E-state index contributed by atoms with van der Waals surface area (Å²) in [5.41, 5.74) is 5.22. The standard InChI is InChI=1S/C15H24N4O5S.ClH/c1-15(2,10-16)11-18(3)14(20)8-9-17-25(23,24)13-6-4-12(5-7-13)19(21)22;/h4-7,17H,8-11,16H2,1-3H3;1H. The highest BCUT2D eigenvalue weighted by Gasteiger charge is 2.21. The van der Waals surface area contributed by atoms with Crippen LogP contribution in [0.5, 0.6) is 0 Å². The van der Waals surface area contributed by atoms with E-state index in [1.807, 2.05) is 13.8 Å². The number of carbonyl (C=O) groups is 1. The van der Waals surface area contributed by atoms with Crippen molar-refractivity contribution in [3.05, 3.63) is 34.4 Å². The molecular weight excluding hydrogens is 384 g/mol. The summed E-state index contributed by atoms with van der Waals surface area (Å²) in [7, 11) is -2.18. The lowest BCUT2D eigenvalue weighted by Crippen LogP contribution is -2.40. The molecule has 0 aromatic heterocycles. The monoisotopic (exact) mass is 408 g/mol. The third-order valence-electron chi connectivity index (χ3n) is 3.63. The summed E-state index contributed by atoms with van der Waals surface area (Å²) < 4.78 is 26.6. The van der Waals surface area contributed by atoms with Crippen molar-refractivity contribution in [2.75, 3.05) is 26.7 Å². The van der Waals surface area contributed by atoms with E-state index < -0.39 is 14.9 Å². The highest BCUT2D eigenvalue weighted by atomic mass is 35.5. The molecule has 0 atom stereocenters. The first kappa shape index (κ1) is 24.2. The van der Waals surface area contributed by atoms with E-state index in [4.69, 9.17) is 5.73 Å². The van der Waals surface area contributed by atoms with Gasteiger partial charge in [-0.25, -0.2) is 13.1 Å². The maximum atomic E-state index is 12.1. The van der Waals surface area contributed by atoms with Crippen LogP contribution in [0, 0.1) is 15.5 Å². The van der Waals surface area contributed by atoms with Crippen LogP contribution in [0.25, 0.3) is 0 Å². The zero-order valence-electron chi connectivity index (χ0n) is 15.0. The normalized spacial score (nSPS) is 11.5. The second kappa shape index (κ2) is 9.81. The molecule has 0 heterocycles. The maximum Gasteiger partial charge on any atom is 0.269 e. The molecular formula is C15H25ClN4O5S. The molecule has 0 saturated carbocycles. The Morgan fingerprint density at radius 2 is 1.85 bits per heavy atom. The number of rotatable bonds is 9. The summed E-state index contributed by atoms with van der Waals surface area (Å²) >= 11 is 0. The van der Waals surface area contributed by atoms with Gasteiger partial charge in [-0.05, 0) is 24.1 Å². The van der Waals surface area contributed by atoms with Gasteiger partial charge in [0.25, 0.3) is 5.69 Å². The number of carbonyl (C=O) groups excluding carboxylic acids is 1. The molecule has 0 saturated heterocycles. The molecule has 0 aliphatic carbocycles. The van der Waals surface area contributed by atoms with Crippen LogP contribution < -0.4 is 10.5 Å². The van der Waals surface area contributed by atoms with Crippen molar-refractivity contribution in [1.82, 2.24) is 9.62 Å². The van der Waals surface area contributed by atoms with Crippen molar-refractivity contribution >= 4 is 34.0 Å². The first-order chi connectivity index (χ1) is 11.5. The van der Waals surface area contributed by atoms with Gasteiger partial charge in [-0.3, -0.25) is 14.9 Å². The molecule has 0 bridgehead atoms. The van der Waals surface area contributed by atoms with Crippen LogP contribution in [-0.4, -0.2) is 50.8 Å². The Labute approximate surface area is 159 Å². The molecule has 26 heavy (non-hydrogen) atoms. The lowest BCUT2D eigenvalue weighted by molar-refractivity contribution is -0.384. The number of non-ortho nitro benzene ring substituents is 1. The van der Waals surface area contributed by atoms with E-state index in [0.717, 1.165) is 24.3 Å². The predicted molar refractivity (Wildman–Crippen MR) is 101 cm³/mol. The summed E-state index contributed by atoms with van der Waals surface area (Å²) in [6.07, 6.45) is 0.00334. The first-order valence-corrected chi connectivity index (χ1v) is 9.15. The summed E-state index contributed by atoms with van der Waals surface area (Å²) in [6, 6.07) is 4.53. The summed E-state index contributed by atoms with van der Waals surface area (Å²) in [5, 5.41) is 10.6. The molecule has 1 aromatic rings. The molecule has 1 amide bonds. The van der Waals surface area contributed by atoms with Gasteiger partial charge in [-0.1, -0.05) is 13.8 Å². The Bertz CT molecular complexity index is 722. The van der Waals surface area contributed by atoms with Crippen molar-refractivity contribution in [1.29, 1.82) is 0 Å². The number of benzene rings is 1. The summed E-state index contributed by atoms with van der Waals surface area (Å²) in [6.45, 7) is 4.71. The Kier molecular flexibility index (Phi) is 9.15. The highest BCUT2D eigenvalue weighted by Crippen LogP contribution is 2.16. The van der Waals surface area contributed by atoms with Crippen molar-refractivity contribution in [3.8, 4) is 0 Å². The molecule has 0 unspecified atom stereocenters. The summed E-state index contributed by atoms with van der Waals surface area (Å²) in [4.78, 5) is 23.5. The van der Waals surface area contributed by atoms with Gasteiger partial charge in [-0.2, -0.15) is 0 Å². The number of hydrogen-bond donors (Lipinski definition) is 2. The number of nitrogens with one attached hydrogen (secondary N) is 1. The predicted octanol–water partition coefficient (Wildman–Crippen LogP) is 1.13. The lowest BCUT2D eigenvalue weighted by atomic mass is 9.93. The average molecular weight is 409 g/mol. The van der Waals surface area contributed by atoms with Gasteiger partial charge < -0.3 is 10.6 Å². The number of hydrogen-bond acceptors (Lipinski definition) is 6. The number of sulfonamides is 1. The van der Waals surface area contributed by atoms with Crippen LogP contribution >= 0.6 is 12.4 Å². The second-order valence-electron chi connectivity index (χ2n) is 6.52. The van der Waals surface area contributed by atoms with E-state index in [-0.39, 0.29) is 47.3 Å². The molecule has 1 aromatic carbocycles. The van der Waals surface area contributed by atoms with Crippen molar-refractivity contribution in [3.63, 3.8) is 0 Å². The number of nitrogens with zero attached hydrogens (tertiary/aromatic N) is 2. The molecule has 1 rings (SSSR count). The lowest BCUT2D eigenvalue weighted by Gasteiger charge is -2.29. The largest absolute Gasteiger partial charge is 0.345 e. The number of halogens is 1. The highest BCUT2D eigenvalue weighted by molar-refractivity contribution is 7.89. The van der Waals surface area contributed by atoms with Crippen LogP contribution in [0.2, 0.25) is 0 Å². The zero-order valence-corrected chi connectivity index (χ0v) is 16.6. The topological polar surface area (TPSA) is 136 Å². The Balaban J connectivity index is 0.00000625. The SMILES string of the molecule is CN(CC(C)(C)CN)C(=O)CCNS(=O)(=O)c1ccc([N+](=O)[O-])cc1.Cl. The Morgan fingerprint density at radius 1 is 1.31 bits per heavy atom. The van der Waals surface area contributed by atoms with Crippen LogP contribution in [0.4, 0.5) is 5.69 Å². The van der Waals surface area contributed by atoms with E-state index in [1.54, 1.807) is 7.05 Å². The molecule has 0 aliphatic heterocycles. The van der Waals surface area contributed by atoms with E-state index in [2.05, 4.69) is 4.72 Å². The number of amides is 1. The van der Waals surface area contributed by atoms with Crippen molar-refractivity contribution < 1.29 is 18.1 Å². The Hall–Kier alpha value is -1.75. The first-order valence-electron chi connectivity index (χ1n) is 7.67. The number of nitrogens with two attached hydrogens (primary N) is 1. The number of nitro groups is 1. The smallest absolute Gasteiger partial charge is 0.269 e. The van der Waals surface area contributed by atoms with E-state index in [0.29, 0.717) is 13.1 Å². The fourth-order valence-corrected chi connectivity index (χ4v) is 3.14. The minimum atomic E-state index is -3.83. The quantitative estimate of drug-likeness (QED) is 0.464. The van der Waals surface area contributed by atoms with Crippen LogP contribution in [0.1, 0.15) is 20.3 Å². The van der Waals surface area contributed by atoms with E-state index in [1.165, 1.54) is 4.90 Å². The molecule has 3 N–H and O–H groups in total.